The molecule has 0 aliphatic heterocycles. The van der Waals surface area contributed by atoms with E-state index in [1.165, 1.54) is 83.5 Å². The van der Waals surface area contributed by atoms with Crippen LogP contribution in [0.3, 0.4) is 0 Å². The summed E-state index contributed by atoms with van der Waals surface area (Å²) in [5, 5.41) is 12.1. The Kier molecular flexibility index (Phi) is 16.2. The van der Waals surface area contributed by atoms with Crippen LogP contribution in [0, 0.1) is 0 Å². The minimum absolute atomic E-state index is 0.0982. The molecule has 2 aromatic carbocycles. The molecule has 2 aromatic rings. The van der Waals surface area contributed by atoms with Crippen molar-refractivity contribution < 1.29 is 19.4 Å². The zero-order chi connectivity index (χ0) is 25.7. The van der Waals surface area contributed by atoms with Crippen LogP contribution in [-0.2, 0) is 11.4 Å². The van der Waals surface area contributed by atoms with E-state index in [2.05, 4.69) is 12.2 Å². The van der Waals surface area contributed by atoms with E-state index in [9.17, 15) is 9.90 Å². The highest BCUT2D eigenvalue weighted by Crippen LogP contribution is 2.19. The van der Waals surface area contributed by atoms with E-state index in [-0.39, 0.29) is 19.1 Å². The number of amides is 1. The van der Waals surface area contributed by atoms with Crippen LogP contribution in [0.25, 0.3) is 0 Å². The van der Waals surface area contributed by atoms with Gasteiger partial charge in [0.15, 0.2) is 6.61 Å². The van der Waals surface area contributed by atoms with Crippen LogP contribution in [0.1, 0.15) is 102 Å². The van der Waals surface area contributed by atoms with Crippen LogP contribution < -0.4 is 14.8 Å². The maximum atomic E-state index is 12.1. The SMILES string of the molecule is CCCCCCCCCCCCCCCCOc1ccc(OCC(=O)Nc2ccccc2CO)cc1. The predicted octanol–water partition coefficient (Wildman–Crippen LogP) is 8.06. The highest BCUT2D eigenvalue weighted by atomic mass is 16.5. The molecule has 36 heavy (non-hydrogen) atoms. The lowest BCUT2D eigenvalue weighted by molar-refractivity contribution is -0.118. The number of ether oxygens (including phenoxy) is 2. The van der Waals surface area contributed by atoms with Crippen molar-refractivity contribution in [3.05, 3.63) is 54.1 Å². The number of hydrogen-bond acceptors (Lipinski definition) is 4. The molecule has 0 saturated carbocycles. The average Bonchev–Trinajstić information content (AvgIpc) is 2.90. The molecule has 5 nitrogen and oxygen atoms in total. The number of aliphatic hydroxyl groups excluding tert-OH is 1. The van der Waals surface area contributed by atoms with Gasteiger partial charge < -0.3 is 19.9 Å². The number of rotatable bonds is 21. The van der Waals surface area contributed by atoms with E-state index in [1.54, 1.807) is 12.1 Å². The second kappa shape index (κ2) is 19.6. The summed E-state index contributed by atoms with van der Waals surface area (Å²) < 4.78 is 11.4. The van der Waals surface area contributed by atoms with Crippen molar-refractivity contribution in [2.45, 2.75) is 103 Å². The monoisotopic (exact) mass is 497 g/mol. The molecule has 0 unspecified atom stereocenters. The molecule has 0 radical (unpaired) electrons. The second-order valence-corrected chi connectivity index (χ2v) is 9.57. The molecule has 0 saturated heterocycles. The van der Waals surface area contributed by atoms with Crippen molar-refractivity contribution in [2.75, 3.05) is 18.5 Å². The van der Waals surface area contributed by atoms with Gasteiger partial charge in [0.05, 0.1) is 13.2 Å². The Hall–Kier alpha value is -2.53. The van der Waals surface area contributed by atoms with Gasteiger partial charge in [-0.25, -0.2) is 0 Å². The van der Waals surface area contributed by atoms with Crippen molar-refractivity contribution in [3.63, 3.8) is 0 Å². The molecule has 0 aliphatic carbocycles. The molecule has 0 heterocycles. The number of carbonyl (C=O) groups is 1. The molecule has 0 aromatic heterocycles. The van der Waals surface area contributed by atoms with Gasteiger partial charge in [-0.15, -0.1) is 0 Å². The maximum absolute atomic E-state index is 12.1. The first-order chi connectivity index (χ1) is 17.7. The van der Waals surface area contributed by atoms with Gasteiger partial charge in [-0.1, -0.05) is 109 Å². The Morgan fingerprint density at radius 1 is 0.694 bits per heavy atom. The fraction of sp³-hybridized carbons (Fsp3) is 0.581. The highest BCUT2D eigenvalue weighted by Gasteiger charge is 2.07. The largest absolute Gasteiger partial charge is 0.494 e. The Morgan fingerprint density at radius 2 is 1.19 bits per heavy atom. The summed E-state index contributed by atoms with van der Waals surface area (Å²) in [6, 6.07) is 14.5. The standard InChI is InChI=1S/C31H47NO4/c1-2-3-4-5-6-7-8-9-10-11-12-13-14-17-24-35-28-20-22-29(23-21-28)36-26-31(34)32-30-19-16-15-18-27(30)25-33/h15-16,18-23,33H,2-14,17,24-26H2,1H3,(H,32,34). The summed E-state index contributed by atoms with van der Waals surface area (Å²) in [6.07, 6.45) is 18.9. The molecular weight excluding hydrogens is 450 g/mol. The van der Waals surface area contributed by atoms with Crippen molar-refractivity contribution in [2.24, 2.45) is 0 Å². The first-order valence-corrected chi connectivity index (χ1v) is 14.1. The predicted molar refractivity (Wildman–Crippen MR) is 149 cm³/mol. The van der Waals surface area contributed by atoms with Gasteiger partial charge >= 0.3 is 0 Å². The molecule has 200 valence electrons. The third-order valence-electron chi connectivity index (χ3n) is 6.42. The second-order valence-electron chi connectivity index (χ2n) is 9.57. The molecule has 0 bridgehead atoms. The number of aliphatic hydroxyl groups is 1. The molecule has 0 atom stereocenters. The van der Waals surface area contributed by atoms with Crippen LogP contribution >= 0.6 is 0 Å². The number of carbonyl (C=O) groups excluding carboxylic acids is 1. The molecule has 0 fully saturated rings. The van der Waals surface area contributed by atoms with Crippen molar-refractivity contribution in [1.29, 1.82) is 0 Å². The minimum Gasteiger partial charge on any atom is -0.494 e. The van der Waals surface area contributed by atoms with Crippen LogP contribution in [-0.4, -0.2) is 24.2 Å². The van der Waals surface area contributed by atoms with E-state index >= 15 is 0 Å². The van der Waals surface area contributed by atoms with E-state index in [0.29, 0.717) is 17.0 Å². The smallest absolute Gasteiger partial charge is 0.262 e. The number of unbranched alkanes of at least 4 members (excludes halogenated alkanes) is 13. The van der Waals surface area contributed by atoms with Crippen LogP contribution in [0.2, 0.25) is 0 Å². The van der Waals surface area contributed by atoms with Gasteiger partial charge in [0.1, 0.15) is 11.5 Å². The molecule has 2 N–H and O–H groups in total. The van der Waals surface area contributed by atoms with Crippen molar-refractivity contribution in [1.82, 2.24) is 0 Å². The van der Waals surface area contributed by atoms with E-state index < -0.39 is 0 Å². The summed E-state index contributed by atoms with van der Waals surface area (Å²) in [7, 11) is 0. The van der Waals surface area contributed by atoms with E-state index in [0.717, 1.165) is 18.8 Å². The zero-order valence-corrected chi connectivity index (χ0v) is 22.3. The minimum atomic E-state index is -0.269. The topological polar surface area (TPSA) is 67.8 Å². The Morgan fingerprint density at radius 3 is 1.75 bits per heavy atom. The lowest BCUT2D eigenvalue weighted by Crippen LogP contribution is -2.20. The van der Waals surface area contributed by atoms with Gasteiger partial charge in [-0.05, 0) is 36.8 Å². The maximum Gasteiger partial charge on any atom is 0.262 e. The number of hydrogen-bond donors (Lipinski definition) is 2. The Labute approximate surface area is 218 Å². The third-order valence-corrected chi connectivity index (χ3v) is 6.42. The normalized spacial score (nSPS) is 10.8. The number of anilines is 1. The van der Waals surface area contributed by atoms with Gasteiger partial charge in [0.2, 0.25) is 0 Å². The Balaban J connectivity index is 1.45. The number of para-hydroxylation sites is 1. The lowest BCUT2D eigenvalue weighted by atomic mass is 10.0. The Bertz CT molecular complexity index is 822. The molecule has 5 heteroatoms. The van der Waals surface area contributed by atoms with E-state index in [4.69, 9.17) is 9.47 Å². The quantitative estimate of drug-likeness (QED) is 0.171. The van der Waals surface area contributed by atoms with E-state index in [1.807, 2.05) is 36.4 Å². The fourth-order valence-corrected chi connectivity index (χ4v) is 4.23. The summed E-state index contributed by atoms with van der Waals surface area (Å²) in [5.74, 6) is 1.16. The fourth-order valence-electron chi connectivity index (χ4n) is 4.23. The van der Waals surface area contributed by atoms with Crippen molar-refractivity contribution >= 4 is 11.6 Å². The molecule has 0 aliphatic rings. The average molecular weight is 498 g/mol. The highest BCUT2D eigenvalue weighted by molar-refractivity contribution is 5.92. The lowest BCUT2D eigenvalue weighted by Gasteiger charge is -2.11. The molecule has 0 spiro atoms. The van der Waals surface area contributed by atoms with Crippen LogP contribution in [0.5, 0.6) is 11.5 Å². The van der Waals surface area contributed by atoms with Crippen molar-refractivity contribution in [3.8, 4) is 11.5 Å². The summed E-state index contributed by atoms with van der Waals surface area (Å²) in [6.45, 7) is 2.78. The summed E-state index contributed by atoms with van der Waals surface area (Å²) >= 11 is 0. The van der Waals surface area contributed by atoms with Crippen LogP contribution in [0.4, 0.5) is 5.69 Å². The first-order valence-electron chi connectivity index (χ1n) is 14.1. The number of benzene rings is 2. The van der Waals surface area contributed by atoms with Gasteiger partial charge in [-0.3, -0.25) is 4.79 Å². The van der Waals surface area contributed by atoms with Gasteiger partial charge in [0, 0.05) is 11.3 Å². The number of nitrogens with one attached hydrogen (secondary N) is 1. The molecular formula is C31H47NO4. The summed E-state index contributed by atoms with van der Waals surface area (Å²) in [5.41, 5.74) is 1.27. The molecule has 2 rings (SSSR count). The van der Waals surface area contributed by atoms with Gasteiger partial charge in [0.25, 0.3) is 5.91 Å². The first kappa shape index (κ1) is 29.7. The third kappa shape index (κ3) is 13.5. The summed E-state index contributed by atoms with van der Waals surface area (Å²) in [4.78, 5) is 12.1. The zero-order valence-electron chi connectivity index (χ0n) is 22.3. The molecule has 1 amide bonds. The van der Waals surface area contributed by atoms with Crippen LogP contribution in [0.15, 0.2) is 48.5 Å². The van der Waals surface area contributed by atoms with Gasteiger partial charge in [-0.2, -0.15) is 0 Å².